The van der Waals surface area contributed by atoms with Crippen molar-refractivity contribution in [3.8, 4) is 12.3 Å². The molecule has 0 N–H and O–H groups in total. The monoisotopic (exact) mass is 210 g/mol. The van der Waals surface area contributed by atoms with Crippen molar-refractivity contribution < 1.29 is 9.53 Å². The number of terminal acetylenes is 1. The molecule has 1 unspecified atom stereocenters. The third kappa shape index (κ3) is 3.95. The van der Waals surface area contributed by atoms with Gasteiger partial charge in [-0.15, -0.1) is 12.3 Å². The van der Waals surface area contributed by atoms with Crippen LogP contribution in [0.2, 0.25) is 0 Å². The van der Waals surface area contributed by atoms with Crippen molar-refractivity contribution in [1.82, 2.24) is 0 Å². The quantitative estimate of drug-likeness (QED) is 0.476. The molecule has 2 heteroatoms. The van der Waals surface area contributed by atoms with E-state index in [-0.39, 0.29) is 5.97 Å². The van der Waals surface area contributed by atoms with E-state index in [0.29, 0.717) is 13.0 Å². The molecule has 0 aromatic rings. The Morgan fingerprint density at radius 2 is 2.07 bits per heavy atom. The molecule has 0 fully saturated rings. The third-order valence-electron chi connectivity index (χ3n) is 2.83. The summed E-state index contributed by atoms with van der Waals surface area (Å²) >= 11 is 0. The summed E-state index contributed by atoms with van der Waals surface area (Å²) in [6.07, 6.45) is 9.52. The van der Waals surface area contributed by atoms with Gasteiger partial charge in [-0.1, -0.05) is 26.7 Å². The van der Waals surface area contributed by atoms with E-state index in [4.69, 9.17) is 11.2 Å². The number of hydrogen-bond acceptors (Lipinski definition) is 2. The van der Waals surface area contributed by atoms with Crippen LogP contribution in [0.3, 0.4) is 0 Å². The Bertz CT molecular complexity index is 227. The molecule has 0 bridgehead atoms. The van der Waals surface area contributed by atoms with Crippen LogP contribution in [-0.2, 0) is 9.53 Å². The minimum absolute atomic E-state index is 0.126. The minimum Gasteiger partial charge on any atom is -0.466 e. The maximum atomic E-state index is 11.9. The molecule has 0 saturated heterocycles. The molecule has 0 aromatic heterocycles. The average Bonchev–Trinajstić information content (AvgIpc) is 2.24. The third-order valence-corrected chi connectivity index (χ3v) is 2.83. The van der Waals surface area contributed by atoms with Gasteiger partial charge in [-0.05, 0) is 19.8 Å². The Morgan fingerprint density at radius 3 is 2.47 bits per heavy atom. The van der Waals surface area contributed by atoms with Crippen LogP contribution in [0.25, 0.3) is 0 Å². The van der Waals surface area contributed by atoms with Gasteiger partial charge in [-0.25, -0.2) is 0 Å². The van der Waals surface area contributed by atoms with Crippen molar-refractivity contribution in [2.24, 2.45) is 5.41 Å². The first kappa shape index (κ1) is 14.0. The van der Waals surface area contributed by atoms with E-state index in [1.165, 1.54) is 0 Å². The van der Waals surface area contributed by atoms with Crippen LogP contribution in [0.1, 0.15) is 52.9 Å². The summed E-state index contributed by atoms with van der Waals surface area (Å²) in [4.78, 5) is 11.9. The number of carbonyl (C=O) groups excluding carboxylic acids is 1. The van der Waals surface area contributed by atoms with Gasteiger partial charge in [0.05, 0.1) is 12.0 Å². The highest BCUT2D eigenvalue weighted by atomic mass is 16.5. The molecule has 2 nitrogen and oxygen atoms in total. The van der Waals surface area contributed by atoms with Crippen LogP contribution in [-0.4, -0.2) is 12.6 Å². The van der Waals surface area contributed by atoms with Crippen LogP contribution in [0.15, 0.2) is 0 Å². The van der Waals surface area contributed by atoms with Gasteiger partial charge < -0.3 is 4.74 Å². The number of esters is 1. The molecule has 0 aliphatic rings. The normalized spacial score (nSPS) is 14.0. The van der Waals surface area contributed by atoms with Crippen LogP contribution in [0, 0.1) is 17.8 Å². The van der Waals surface area contributed by atoms with E-state index in [9.17, 15) is 4.79 Å². The topological polar surface area (TPSA) is 26.3 Å². The van der Waals surface area contributed by atoms with E-state index in [0.717, 1.165) is 25.7 Å². The van der Waals surface area contributed by atoms with Gasteiger partial charge in [0.2, 0.25) is 0 Å². The van der Waals surface area contributed by atoms with E-state index in [1.54, 1.807) is 0 Å². The average molecular weight is 210 g/mol. The molecule has 0 aliphatic carbocycles. The Labute approximate surface area is 93.4 Å². The van der Waals surface area contributed by atoms with Gasteiger partial charge in [-0.2, -0.15) is 0 Å². The number of hydrogen-bond donors (Lipinski definition) is 0. The van der Waals surface area contributed by atoms with Crippen molar-refractivity contribution in [1.29, 1.82) is 0 Å². The van der Waals surface area contributed by atoms with Crippen LogP contribution >= 0.6 is 0 Å². The fourth-order valence-electron chi connectivity index (χ4n) is 1.70. The van der Waals surface area contributed by atoms with Gasteiger partial charge in [0.25, 0.3) is 0 Å². The molecule has 0 amide bonds. The van der Waals surface area contributed by atoms with Crippen LogP contribution < -0.4 is 0 Å². The summed E-state index contributed by atoms with van der Waals surface area (Å²) in [6, 6.07) is 0. The second kappa shape index (κ2) is 7.34. The zero-order valence-electron chi connectivity index (χ0n) is 10.1. The molecular weight excluding hydrogens is 188 g/mol. The zero-order valence-corrected chi connectivity index (χ0v) is 10.1. The molecule has 1 atom stereocenters. The number of unbranched alkanes of at least 4 members (excludes halogenated alkanes) is 1. The highest BCUT2D eigenvalue weighted by Crippen LogP contribution is 2.34. The first-order valence-electron chi connectivity index (χ1n) is 5.77. The molecule has 0 spiro atoms. The molecule has 0 saturated carbocycles. The van der Waals surface area contributed by atoms with Gasteiger partial charge in [-0.3, -0.25) is 4.79 Å². The fraction of sp³-hybridized carbons (Fsp3) is 0.769. The molecule has 0 aromatic carbocycles. The van der Waals surface area contributed by atoms with Crippen molar-refractivity contribution in [2.75, 3.05) is 6.61 Å². The van der Waals surface area contributed by atoms with Crippen LogP contribution in [0.4, 0.5) is 0 Å². The smallest absolute Gasteiger partial charge is 0.313 e. The Kier molecular flexibility index (Phi) is 6.86. The van der Waals surface area contributed by atoms with Crippen molar-refractivity contribution in [2.45, 2.75) is 52.9 Å². The second-order valence-corrected chi connectivity index (χ2v) is 3.84. The van der Waals surface area contributed by atoms with E-state index in [1.807, 2.05) is 13.8 Å². The maximum absolute atomic E-state index is 11.9. The van der Waals surface area contributed by atoms with E-state index in [2.05, 4.69) is 12.8 Å². The lowest BCUT2D eigenvalue weighted by atomic mass is 9.77. The van der Waals surface area contributed by atoms with Crippen molar-refractivity contribution >= 4 is 5.97 Å². The SMILES string of the molecule is C#CCC(CC)(CCCC)C(=O)OCC. The van der Waals surface area contributed by atoms with Gasteiger partial charge in [0, 0.05) is 6.42 Å². The standard InChI is InChI=1S/C13H22O2/c1-5-9-11-13(7-3,10-6-2)12(14)15-8-4/h2H,5,7-11H2,1,3-4H3. The summed E-state index contributed by atoms with van der Waals surface area (Å²) in [7, 11) is 0. The minimum atomic E-state index is -0.444. The summed E-state index contributed by atoms with van der Waals surface area (Å²) < 4.78 is 5.11. The lowest BCUT2D eigenvalue weighted by Gasteiger charge is -2.28. The van der Waals surface area contributed by atoms with Crippen LogP contribution in [0.5, 0.6) is 0 Å². The summed E-state index contributed by atoms with van der Waals surface area (Å²) in [5, 5.41) is 0. The van der Waals surface area contributed by atoms with Crippen molar-refractivity contribution in [3.05, 3.63) is 0 Å². The largest absolute Gasteiger partial charge is 0.466 e. The number of ether oxygens (including phenoxy) is 1. The summed E-state index contributed by atoms with van der Waals surface area (Å²) in [5.74, 6) is 2.48. The van der Waals surface area contributed by atoms with Gasteiger partial charge in [0.1, 0.15) is 0 Å². The van der Waals surface area contributed by atoms with E-state index >= 15 is 0 Å². The molecule has 0 heterocycles. The van der Waals surface area contributed by atoms with Gasteiger partial charge in [0.15, 0.2) is 0 Å². The Hall–Kier alpha value is -0.970. The fourth-order valence-corrected chi connectivity index (χ4v) is 1.70. The number of carbonyl (C=O) groups is 1. The highest BCUT2D eigenvalue weighted by Gasteiger charge is 2.36. The molecule has 0 radical (unpaired) electrons. The molecule has 15 heavy (non-hydrogen) atoms. The summed E-state index contributed by atoms with van der Waals surface area (Å²) in [5.41, 5.74) is -0.444. The highest BCUT2D eigenvalue weighted by molar-refractivity contribution is 5.77. The van der Waals surface area contributed by atoms with Gasteiger partial charge >= 0.3 is 5.97 Å². The lowest BCUT2D eigenvalue weighted by Crippen LogP contribution is -2.32. The Balaban J connectivity index is 4.64. The summed E-state index contributed by atoms with van der Waals surface area (Å²) in [6.45, 7) is 6.37. The number of rotatable bonds is 7. The first-order valence-corrected chi connectivity index (χ1v) is 5.77. The van der Waals surface area contributed by atoms with Crippen molar-refractivity contribution in [3.63, 3.8) is 0 Å². The van der Waals surface area contributed by atoms with E-state index < -0.39 is 5.41 Å². The zero-order chi connectivity index (χ0) is 11.7. The molecule has 86 valence electrons. The molecule has 0 rings (SSSR count). The Morgan fingerprint density at radius 1 is 1.40 bits per heavy atom. The lowest BCUT2D eigenvalue weighted by molar-refractivity contribution is -0.156. The molecular formula is C13H22O2. The second-order valence-electron chi connectivity index (χ2n) is 3.84. The maximum Gasteiger partial charge on any atom is 0.313 e. The predicted octanol–water partition coefficient (Wildman–Crippen LogP) is 3.16. The molecule has 0 aliphatic heterocycles. The first-order chi connectivity index (χ1) is 7.16. The predicted molar refractivity (Wildman–Crippen MR) is 62.3 cm³/mol.